The van der Waals surface area contributed by atoms with Crippen molar-refractivity contribution in [2.24, 2.45) is 0 Å². The molecule has 25 heavy (non-hydrogen) atoms. The Morgan fingerprint density at radius 2 is 1.08 bits per heavy atom. The predicted molar refractivity (Wildman–Crippen MR) is 79.4 cm³/mol. The summed E-state index contributed by atoms with van der Waals surface area (Å²) in [6.45, 7) is 0. The van der Waals surface area contributed by atoms with E-state index in [1.54, 1.807) is 0 Å². The SMILES string of the molecule is O=[N+]([O-])c1ccc(OOP(=O)(O)OOc2ccc([N+](=O)[O-])cc2)cc1. The van der Waals surface area contributed by atoms with Gasteiger partial charge in [-0.2, -0.15) is 0 Å². The fourth-order valence-corrected chi connectivity index (χ4v) is 1.82. The van der Waals surface area contributed by atoms with Gasteiger partial charge in [0.2, 0.25) is 0 Å². The minimum absolute atomic E-state index is 0.0983. The molecule has 0 saturated carbocycles. The van der Waals surface area contributed by atoms with Gasteiger partial charge in [-0.15, -0.1) is 0 Å². The van der Waals surface area contributed by atoms with Gasteiger partial charge in [0.25, 0.3) is 11.4 Å². The van der Waals surface area contributed by atoms with Crippen LogP contribution in [-0.4, -0.2) is 14.7 Å². The highest BCUT2D eigenvalue weighted by Crippen LogP contribution is 2.44. The van der Waals surface area contributed by atoms with Crippen molar-refractivity contribution in [2.45, 2.75) is 0 Å². The Morgan fingerprint density at radius 1 is 0.760 bits per heavy atom. The van der Waals surface area contributed by atoms with E-state index in [1.165, 1.54) is 0 Å². The summed E-state index contributed by atoms with van der Waals surface area (Å²) >= 11 is 0. The second-order valence-corrected chi connectivity index (χ2v) is 5.52. The Hall–Kier alpha value is -3.05. The number of rotatable bonds is 8. The summed E-state index contributed by atoms with van der Waals surface area (Å²) in [5.41, 5.74) is -0.422. The number of benzene rings is 2. The molecule has 0 aliphatic heterocycles. The summed E-state index contributed by atoms with van der Waals surface area (Å²) in [4.78, 5) is 38.1. The zero-order chi connectivity index (χ0) is 18.4. The molecule has 1 N–H and O–H groups in total. The van der Waals surface area contributed by atoms with Crippen LogP contribution in [0.15, 0.2) is 48.5 Å². The van der Waals surface area contributed by atoms with Crippen molar-refractivity contribution < 1.29 is 38.4 Å². The van der Waals surface area contributed by atoms with E-state index in [2.05, 4.69) is 19.1 Å². The van der Waals surface area contributed by atoms with E-state index < -0.39 is 17.7 Å². The second-order valence-electron chi connectivity index (χ2n) is 4.29. The third-order valence-electron chi connectivity index (χ3n) is 2.55. The van der Waals surface area contributed by atoms with Crippen molar-refractivity contribution in [3.05, 3.63) is 68.8 Å². The molecule has 0 aliphatic carbocycles. The van der Waals surface area contributed by atoms with Crippen molar-refractivity contribution in [1.29, 1.82) is 0 Å². The maximum Gasteiger partial charge on any atom is 0.544 e. The van der Waals surface area contributed by atoms with Crippen LogP contribution in [-0.2, 0) is 13.9 Å². The van der Waals surface area contributed by atoms with E-state index in [9.17, 15) is 29.7 Å². The van der Waals surface area contributed by atoms with E-state index >= 15 is 0 Å². The van der Waals surface area contributed by atoms with E-state index in [4.69, 9.17) is 0 Å². The van der Waals surface area contributed by atoms with Crippen LogP contribution < -0.4 is 9.78 Å². The summed E-state index contributed by atoms with van der Waals surface area (Å²) < 4.78 is 19.9. The molecule has 2 rings (SSSR count). The summed E-state index contributed by atoms with van der Waals surface area (Å²) in [5, 5.41) is 21.0. The third-order valence-corrected chi connectivity index (χ3v) is 3.08. The van der Waals surface area contributed by atoms with Crippen molar-refractivity contribution in [2.75, 3.05) is 0 Å². The molecule has 0 heterocycles. The molecule has 0 aliphatic rings. The number of nitro groups is 2. The van der Waals surface area contributed by atoms with E-state index in [-0.39, 0.29) is 22.9 Å². The molecular formula is C12H9N2O10P. The van der Waals surface area contributed by atoms with E-state index in [0.29, 0.717) is 0 Å². The maximum absolute atomic E-state index is 11.6. The van der Waals surface area contributed by atoms with Crippen LogP contribution in [0, 0.1) is 20.2 Å². The minimum atomic E-state index is -4.80. The maximum atomic E-state index is 11.6. The second kappa shape index (κ2) is 7.68. The quantitative estimate of drug-likeness (QED) is 0.315. The molecule has 2 aromatic carbocycles. The van der Waals surface area contributed by atoms with Gasteiger partial charge in [0.05, 0.1) is 9.85 Å². The van der Waals surface area contributed by atoms with Gasteiger partial charge in [-0.3, -0.25) is 25.1 Å². The number of hydrogen-bond donors (Lipinski definition) is 1. The van der Waals surface area contributed by atoms with E-state index in [1.807, 2.05) is 0 Å². The lowest BCUT2D eigenvalue weighted by Crippen LogP contribution is -2.02. The zero-order valence-corrected chi connectivity index (χ0v) is 13.0. The van der Waals surface area contributed by atoms with Gasteiger partial charge in [0, 0.05) is 24.3 Å². The average molecular weight is 372 g/mol. The van der Waals surface area contributed by atoms with Crippen LogP contribution in [0.2, 0.25) is 0 Å². The standard InChI is InChI=1S/C12H9N2O10P/c15-13(16)9-1-5-11(6-2-9)21-23-25(19,20)24-22-12-7-3-10(4-8-12)14(17)18/h1-8H,(H,19,20). The average Bonchev–Trinajstić information content (AvgIpc) is 2.59. The lowest BCUT2D eigenvalue weighted by molar-refractivity contribution is -0.385. The first-order chi connectivity index (χ1) is 11.8. The molecule has 0 bridgehead atoms. The van der Waals surface area contributed by atoms with Gasteiger partial charge in [-0.25, -0.2) is 4.57 Å². The lowest BCUT2D eigenvalue weighted by atomic mass is 10.3. The fourth-order valence-electron chi connectivity index (χ4n) is 1.44. The number of nitro benzene ring substituents is 2. The Morgan fingerprint density at radius 3 is 1.36 bits per heavy atom. The van der Waals surface area contributed by atoms with Crippen molar-refractivity contribution in [1.82, 2.24) is 0 Å². The van der Waals surface area contributed by atoms with Gasteiger partial charge in [-0.05, 0) is 24.3 Å². The predicted octanol–water partition coefficient (Wildman–Crippen LogP) is 2.92. The summed E-state index contributed by atoms with van der Waals surface area (Å²) in [6.07, 6.45) is 0. The van der Waals surface area contributed by atoms with Crippen LogP contribution >= 0.6 is 7.82 Å². The van der Waals surface area contributed by atoms with Gasteiger partial charge >= 0.3 is 7.82 Å². The Balaban J connectivity index is 1.87. The van der Waals surface area contributed by atoms with Crippen molar-refractivity contribution >= 4 is 19.2 Å². The number of phosphoric acid groups is 1. The Labute approximate surface area is 138 Å². The molecule has 0 aromatic heterocycles. The molecule has 0 spiro atoms. The smallest absolute Gasteiger partial charge is 0.327 e. The van der Waals surface area contributed by atoms with Gasteiger partial charge in [0.1, 0.15) is 0 Å². The summed E-state index contributed by atoms with van der Waals surface area (Å²) in [7, 11) is -4.80. The fraction of sp³-hybridized carbons (Fsp3) is 0. The summed E-state index contributed by atoms with van der Waals surface area (Å²) in [6, 6.07) is 8.91. The molecule has 0 saturated heterocycles. The number of non-ortho nitro benzene ring substituents is 2. The van der Waals surface area contributed by atoms with Crippen LogP contribution in [0.1, 0.15) is 0 Å². The van der Waals surface area contributed by atoms with Crippen LogP contribution in [0.3, 0.4) is 0 Å². The van der Waals surface area contributed by atoms with Gasteiger partial charge in [0.15, 0.2) is 11.5 Å². The molecule has 13 heteroatoms. The number of nitrogens with zero attached hydrogens (tertiary/aromatic N) is 2. The minimum Gasteiger partial charge on any atom is -0.327 e. The van der Waals surface area contributed by atoms with Crippen molar-refractivity contribution in [3.63, 3.8) is 0 Å². The largest absolute Gasteiger partial charge is 0.544 e. The Bertz CT molecular complexity index is 742. The normalized spacial score (nSPS) is 10.9. The molecule has 0 amide bonds. The topological polar surface area (TPSA) is 161 Å². The third kappa shape index (κ3) is 5.51. The molecular weight excluding hydrogens is 363 g/mol. The highest BCUT2D eigenvalue weighted by molar-refractivity contribution is 7.47. The zero-order valence-electron chi connectivity index (χ0n) is 12.1. The number of hydrogen-bond acceptors (Lipinski definition) is 9. The van der Waals surface area contributed by atoms with Crippen LogP contribution in [0.4, 0.5) is 11.4 Å². The molecule has 0 unspecified atom stereocenters. The van der Waals surface area contributed by atoms with Crippen LogP contribution in [0.5, 0.6) is 11.5 Å². The molecule has 2 aromatic rings. The summed E-state index contributed by atoms with van der Waals surface area (Å²) in [5.74, 6) is -0.197. The molecule has 0 fully saturated rings. The molecule has 0 radical (unpaired) electrons. The van der Waals surface area contributed by atoms with Gasteiger partial charge < -0.3 is 9.78 Å². The van der Waals surface area contributed by atoms with Crippen molar-refractivity contribution in [3.8, 4) is 11.5 Å². The highest BCUT2D eigenvalue weighted by Gasteiger charge is 2.27. The van der Waals surface area contributed by atoms with Gasteiger partial charge in [-0.1, -0.05) is 9.35 Å². The lowest BCUT2D eigenvalue weighted by Gasteiger charge is -2.10. The molecule has 0 atom stereocenters. The molecule has 12 nitrogen and oxygen atoms in total. The first-order valence-corrected chi connectivity index (χ1v) is 7.80. The van der Waals surface area contributed by atoms with E-state index in [0.717, 1.165) is 48.5 Å². The monoisotopic (exact) mass is 372 g/mol. The molecule has 132 valence electrons. The first-order valence-electron chi connectivity index (χ1n) is 6.31. The Kier molecular flexibility index (Phi) is 5.62. The first kappa shape index (κ1) is 18.3. The van der Waals surface area contributed by atoms with Crippen LogP contribution in [0.25, 0.3) is 0 Å². The highest BCUT2D eigenvalue weighted by atomic mass is 31.2.